The molecular formula is C11H17NO5. The van der Waals surface area contributed by atoms with Crippen LogP contribution in [0.15, 0.2) is 0 Å². The van der Waals surface area contributed by atoms with E-state index in [-0.39, 0.29) is 13.2 Å². The number of esters is 1. The van der Waals surface area contributed by atoms with Gasteiger partial charge in [0, 0.05) is 0 Å². The van der Waals surface area contributed by atoms with Crippen LogP contribution >= 0.6 is 0 Å². The van der Waals surface area contributed by atoms with Gasteiger partial charge in [-0.3, -0.25) is 14.5 Å². The van der Waals surface area contributed by atoms with E-state index in [1.165, 1.54) is 6.92 Å². The Labute approximate surface area is 99.9 Å². The second-order valence-corrected chi connectivity index (χ2v) is 4.86. The largest absolute Gasteiger partial charge is 0.458 e. The summed E-state index contributed by atoms with van der Waals surface area (Å²) in [6, 6.07) is -0.918. The van der Waals surface area contributed by atoms with Gasteiger partial charge in [0.05, 0.1) is 0 Å². The highest BCUT2D eigenvalue weighted by Gasteiger charge is 2.36. The van der Waals surface area contributed by atoms with E-state index in [0.717, 1.165) is 4.90 Å². The van der Waals surface area contributed by atoms with Crippen molar-refractivity contribution in [3.63, 3.8) is 0 Å². The fourth-order valence-electron chi connectivity index (χ4n) is 1.43. The summed E-state index contributed by atoms with van der Waals surface area (Å²) in [6.07, 6.45) is 0. The molecule has 1 aliphatic heterocycles. The molecule has 0 aromatic carbocycles. The molecule has 0 saturated carbocycles. The first-order valence-electron chi connectivity index (χ1n) is 5.38. The van der Waals surface area contributed by atoms with E-state index in [1.807, 2.05) is 0 Å². The van der Waals surface area contributed by atoms with E-state index in [9.17, 15) is 14.4 Å². The van der Waals surface area contributed by atoms with Gasteiger partial charge in [0.1, 0.15) is 24.9 Å². The fourth-order valence-corrected chi connectivity index (χ4v) is 1.43. The van der Waals surface area contributed by atoms with Crippen LogP contribution in [0.5, 0.6) is 0 Å². The van der Waals surface area contributed by atoms with E-state index in [4.69, 9.17) is 9.47 Å². The van der Waals surface area contributed by atoms with Gasteiger partial charge in [-0.2, -0.15) is 0 Å². The molecule has 0 bridgehead atoms. The molecule has 17 heavy (non-hydrogen) atoms. The van der Waals surface area contributed by atoms with Gasteiger partial charge in [-0.05, 0) is 27.7 Å². The van der Waals surface area contributed by atoms with Gasteiger partial charge in [-0.15, -0.1) is 0 Å². The third-order valence-corrected chi connectivity index (χ3v) is 2.12. The van der Waals surface area contributed by atoms with E-state index in [2.05, 4.69) is 0 Å². The lowest BCUT2D eigenvalue weighted by molar-refractivity contribution is -0.174. The van der Waals surface area contributed by atoms with Crippen LogP contribution in [-0.4, -0.2) is 47.5 Å². The lowest BCUT2D eigenvalue weighted by Crippen LogP contribution is -2.54. The van der Waals surface area contributed by atoms with Crippen molar-refractivity contribution < 1.29 is 23.9 Å². The monoisotopic (exact) mass is 243 g/mol. The van der Waals surface area contributed by atoms with E-state index in [0.29, 0.717) is 0 Å². The van der Waals surface area contributed by atoms with Crippen LogP contribution < -0.4 is 0 Å². The molecule has 1 rings (SSSR count). The average molecular weight is 243 g/mol. The Kier molecular flexibility index (Phi) is 3.87. The molecule has 0 spiro atoms. The molecule has 0 aliphatic carbocycles. The van der Waals surface area contributed by atoms with Crippen LogP contribution in [0.4, 0.5) is 0 Å². The summed E-state index contributed by atoms with van der Waals surface area (Å²) < 4.78 is 9.89. The molecule has 2 amide bonds. The molecule has 1 atom stereocenters. The summed E-state index contributed by atoms with van der Waals surface area (Å²) in [5.74, 6) is -1.62. The normalized spacial score (nSPS) is 19.2. The summed E-state index contributed by atoms with van der Waals surface area (Å²) in [4.78, 5) is 35.6. The van der Waals surface area contributed by atoms with Crippen LogP contribution in [0.2, 0.25) is 0 Å². The second kappa shape index (κ2) is 4.83. The number of nitrogens with zero attached hydrogens (tertiary/aromatic N) is 1. The van der Waals surface area contributed by atoms with Crippen molar-refractivity contribution in [1.82, 2.24) is 4.90 Å². The second-order valence-electron chi connectivity index (χ2n) is 4.86. The van der Waals surface area contributed by atoms with Crippen molar-refractivity contribution in [2.45, 2.75) is 39.3 Å². The molecule has 1 fully saturated rings. The van der Waals surface area contributed by atoms with Crippen molar-refractivity contribution in [2.24, 2.45) is 0 Å². The van der Waals surface area contributed by atoms with Gasteiger partial charge in [-0.25, -0.2) is 4.79 Å². The number of ether oxygens (including phenoxy) is 2. The third-order valence-electron chi connectivity index (χ3n) is 2.12. The minimum Gasteiger partial charge on any atom is -0.458 e. The molecule has 6 heteroatoms. The minimum atomic E-state index is -0.918. The molecular weight excluding hydrogens is 226 g/mol. The summed E-state index contributed by atoms with van der Waals surface area (Å²) in [6.45, 7) is 6.27. The summed E-state index contributed by atoms with van der Waals surface area (Å²) >= 11 is 0. The maximum Gasteiger partial charge on any atom is 0.329 e. The van der Waals surface area contributed by atoms with Crippen LogP contribution in [-0.2, 0) is 23.9 Å². The Balaban J connectivity index is 2.74. The molecule has 1 unspecified atom stereocenters. The fraction of sp³-hybridized carbons (Fsp3) is 0.727. The zero-order valence-electron chi connectivity index (χ0n) is 10.5. The SMILES string of the molecule is CC(C(=O)OC(C)(C)C)N1C(=O)COCC1=O. The zero-order chi connectivity index (χ0) is 13.2. The van der Waals surface area contributed by atoms with Crippen molar-refractivity contribution in [3.05, 3.63) is 0 Å². The number of hydrogen-bond acceptors (Lipinski definition) is 5. The van der Waals surface area contributed by atoms with E-state index in [1.54, 1.807) is 20.8 Å². The number of carbonyl (C=O) groups is 3. The van der Waals surface area contributed by atoms with Crippen molar-refractivity contribution in [1.29, 1.82) is 0 Å². The number of imide groups is 1. The average Bonchev–Trinajstić information content (AvgIpc) is 2.14. The summed E-state index contributed by atoms with van der Waals surface area (Å²) in [5.41, 5.74) is -0.649. The summed E-state index contributed by atoms with van der Waals surface area (Å²) in [7, 11) is 0. The maximum absolute atomic E-state index is 11.7. The highest BCUT2D eigenvalue weighted by Crippen LogP contribution is 2.13. The molecule has 0 radical (unpaired) electrons. The topological polar surface area (TPSA) is 72.9 Å². The van der Waals surface area contributed by atoms with Gasteiger partial charge in [0.25, 0.3) is 11.8 Å². The Morgan fingerprint density at radius 2 is 1.76 bits per heavy atom. The highest BCUT2D eigenvalue weighted by molar-refractivity contribution is 6.01. The third kappa shape index (κ3) is 3.52. The molecule has 6 nitrogen and oxygen atoms in total. The van der Waals surface area contributed by atoms with Crippen molar-refractivity contribution in [3.8, 4) is 0 Å². The first-order valence-corrected chi connectivity index (χ1v) is 5.38. The standard InChI is InChI=1S/C11H17NO5/c1-7(10(15)17-11(2,3)4)12-8(13)5-16-6-9(12)14/h7H,5-6H2,1-4H3. The molecule has 1 saturated heterocycles. The smallest absolute Gasteiger partial charge is 0.329 e. The molecule has 1 aliphatic rings. The Morgan fingerprint density at radius 1 is 1.29 bits per heavy atom. The molecule has 0 aromatic heterocycles. The Morgan fingerprint density at radius 3 is 2.18 bits per heavy atom. The number of rotatable bonds is 2. The Bertz CT molecular complexity index is 328. The first-order chi connectivity index (χ1) is 7.72. The molecule has 0 aromatic rings. The van der Waals surface area contributed by atoms with Crippen LogP contribution in [0.3, 0.4) is 0 Å². The first kappa shape index (κ1) is 13.6. The van der Waals surface area contributed by atoms with Gasteiger partial charge >= 0.3 is 5.97 Å². The quantitative estimate of drug-likeness (QED) is 0.508. The Hall–Kier alpha value is -1.43. The molecule has 96 valence electrons. The number of hydrogen-bond donors (Lipinski definition) is 0. The van der Waals surface area contributed by atoms with E-state index >= 15 is 0 Å². The minimum absolute atomic E-state index is 0.182. The van der Waals surface area contributed by atoms with Gasteiger partial charge in [-0.1, -0.05) is 0 Å². The predicted molar refractivity (Wildman–Crippen MR) is 58.0 cm³/mol. The van der Waals surface area contributed by atoms with Crippen LogP contribution in [0.25, 0.3) is 0 Å². The van der Waals surface area contributed by atoms with Crippen LogP contribution in [0, 0.1) is 0 Å². The molecule has 1 heterocycles. The number of carbonyl (C=O) groups excluding carboxylic acids is 3. The number of amides is 2. The maximum atomic E-state index is 11.7. The number of morpholine rings is 1. The zero-order valence-corrected chi connectivity index (χ0v) is 10.5. The lowest BCUT2D eigenvalue weighted by Gasteiger charge is -2.31. The van der Waals surface area contributed by atoms with Crippen LogP contribution in [0.1, 0.15) is 27.7 Å². The summed E-state index contributed by atoms with van der Waals surface area (Å²) in [5, 5.41) is 0. The van der Waals surface area contributed by atoms with Gasteiger partial charge in [0.15, 0.2) is 0 Å². The predicted octanol–water partition coefficient (Wildman–Crippen LogP) is 0.102. The highest BCUT2D eigenvalue weighted by atomic mass is 16.6. The van der Waals surface area contributed by atoms with Gasteiger partial charge < -0.3 is 9.47 Å². The van der Waals surface area contributed by atoms with Gasteiger partial charge in [0.2, 0.25) is 0 Å². The lowest BCUT2D eigenvalue weighted by atomic mass is 10.2. The van der Waals surface area contributed by atoms with Crippen molar-refractivity contribution >= 4 is 17.8 Å². The molecule has 0 N–H and O–H groups in total. The van der Waals surface area contributed by atoms with E-state index < -0.39 is 29.4 Å². The van der Waals surface area contributed by atoms with Crippen molar-refractivity contribution in [2.75, 3.05) is 13.2 Å².